The lowest BCUT2D eigenvalue weighted by atomic mass is 9.49. The number of aliphatic hydroxyl groups excluding tert-OH is 2. The van der Waals surface area contributed by atoms with E-state index in [1.165, 1.54) is 30.2 Å². The Morgan fingerprint density at radius 1 is 1.07 bits per heavy atom. The number of halogens is 1. The molecule has 18 heteroatoms. The zero-order chi connectivity index (χ0) is 29.3. The van der Waals surface area contributed by atoms with Crippen LogP contribution in [-0.2, 0) is 18.7 Å². The van der Waals surface area contributed by atoms with Gasteiger partial charge in [-0.05, 0) is 73.3 Å². The normalized spacial score (nSPS) is 36.1. The number of rotatable bonds is 9. The van der Waals surface area contributed by atoms with Crippen LogP contribution in [0.3, 0.4) is 0 Å². The minimum atomic E-state index is -4.79. The predicted molar refractivity (Wildman–Crippen MR) is 145 cm³/mol. The summed E-state index contributed by atoms with van der Waals surface area (Å²) in [6.45, 7) is -0.490. The lowest BCUT2D eigenvalue weighted by Gasteiger charge is -2.56. The highest BCUT2D eigenvalue weighted by Crippen LogP contribution is 2.61. The molecule has 2 aromatic heterocycles. The molecule has 0 aromatic carbocycles. The van der Waals surface area contributed by atoms with E-state index in [1.807, 2.05) is 0 Å². The Morgan fingerprint density at radius 3 is 2.32 bits per heavy atom. The Morgan fingerprint density at radius 2 is 1.71 bits per heavy atom. The van der Waals surface area contributed by atoms with Crippen molar-refractivity contribution in [3.05, 3.63) is 11.6 Å². The zero-order valence-electron chi connectivity index (χ0n) is 21.9. The lowest BCUT2D eigenvalue weighted by molar-refractivity contribution is -0.124. The smallest absolute Gasteiger partial charge is 0.336 e. The number of amides is 1. The molecular weight excluding hydrogens is 602 g/mol. The van der Waals surface area contributed by atoms with Gasteiger partial charge in [-0.25, -0.2) is 10.1 Å². The fraction of sp³-hybridized carbons (Fsp3) is 0.739. The predicted octanol–water partition coefficient (Wildman–Crippen LogP) is 1.55. The molecule has 15 nitrogen and oxygen atoms in total. The number of carbonyl (C=O) groups is 1. The maximum Gasteiger partial charge on any atom is 0.336 e. The average molecular weight is 635 g/mol. The molecule has 5 fully saturated rings. The Balaban J connectivity index is 1.17. The van der Waals surface area contributed by atoms with Gasteiger partial charge in [0.2, 0.25) is 11.2 Å². The monoisotopic (exact) mass is 634 g/mol. The first-order valence-electron chi connectivity index (χ1n) is 13.5. The standard InChI is InChI=1S/C23H33ClN6O9P2/c24-22-28-19(27-15(31)7-23-4-11-1-12(5-23)3-13(2-11)6-23)16-20(29-22)30(9-25-16)21-18(33)17(32)14(39-21)8-26-40(34,35)10-41(36,37)38/h9,11-14,17-18,21,32-33H,1-8,10H2,(H2,26,34,35)(H2,36,37,38)(H,27,28,29,31)/t11?,12?,13?,14-,17?,18?,21-,23?/m1/s1. The molecule has 226 valence electrons. The summed E-state index contributed by atoms with van der Waals surface area (Å²) in [5.74, 6) is 0.736. The van der Waals surface area contributed by atoms with E-state index in [0.29, 0.717) is 24.2 Å². The van der Waals surface area contributed by atoms with E-state index in [1.54, 1.807) is 0 Å². The highest BCUT2D eigenvalue weighted by atomic mass is 35.5. The highest BCUT2D eigenvalue weighted by molar-refractivity contribution is 7.71. The van der Waals surface area contributed by atoms with Crippen LogP contribution in [0.15, 0.2) is 6.33 Å². The molecule has 4 bridgehead atoms. The molecule has 1 saturated heterocycles. The average Bonchev–Trinajstić information content (AvgIpc) is 3.35. The van der Waals surface area contributed by atoms with Gasteiger partial charge in [-0.2, -0.15) is 9.97 Å². The number of hydrogen-bond donors (Lipinski definition) is 7. The van der Waals surface area contributed by atoms with Crippen LogP contribution < -0.4 is 10.4 Å². The number of imidazole rings is 1. The number of hydrogen-bond acceptors (Lipinski definition) is 9. The molecule has 0 radical (unpaired) electrons. The number of aromatic nitrogens is 4. The third kappa shape index (κ3) is 6.12. The van der Waals surface area contributed by atoms with Gasteiger partial charge >= 0.3 is 7.60 Å². The number of carbonyl (C=O) groups excluding carboxylic acids is 1. The summed E-state index contributed by atoms with van der Waals surface area (Å²) in [5, 5.41) is 26.0. The second-order valence-electron chi connectivity index (χ2n) is 12.2. The molecule has 1 amide bonds. The van der Waals surface area contributed by atoms with Crippen LogP contribution in [0.5, 0.6) is 0 Å². The Labute approximate surface area is 239 Å². The van der Waals surface area contributed by atoms with Crippen molar-refractivity contribution in [3.8, 4) is 0 Å². The van der Waals surface area contributed by atoms with Gasteiger partial charge in [0.1, 0.15) is 24.2 Å². The molecule has 5 aliphatic rings. The van der Waals surface area contributed by atoms with E-state index in [9.17, 15) is 29.0 Å². The van der Waals surface area contributed by atoms with Crippen molar-refractivity contribution in [1.29, 1.82) is 0 Å². The van der Waals surface area contributed by atoms with Gasteiger partial charge in [0.05, 0.1) is 6.33 Å². The van der Waals surface area contributed by atoms with Crippen LogP contribution >= 0.6 is 26.7 Å². The quantitative estimate of drug-likeness (QED) is 0.154. The fourth-order valence-electron chi connectivity index (χ4n) is 7.85. The molecule has 4 aliphatic carbocycles. The summed E-state index contributed by atoms with van der Waals surface area (Å²) in [4.78, 5) is 53.7. The molecule has 2 aromatic rings. The van der Waals surface area contributed by atoms with E-state index in [2.05, 4.69) is 25.4 Å². The van der Waals surface area contributed by atoms with Gasteiger partial charge in [-0.1, -0.05) is 0 Å². The van der Waals surface area contributed by atoms with Gasteiger partial charge in [0.15, 0.2) is 23.2 Å². The second kappa shape index (κ2) is 10.6. The van der Waals surface area contributed by atoms with Crippen LogP contribution in [-0.4, -0.2) is 81.1 Å². The van der Waals surface area contributed by atoms with Crippen LogP contribution in [0.1, 0.15) is 51.2 Å². The maximum absolute atomic E-state index is 13.2. The van der Waals surface area contributed by atoms with Crippen molar-refractivity contribution in [2.24, 2.45) is 23.2 Å². The third-order valence-corrected chi connectivity index (χ3v) is 12.7. The van der Waals surface area contributed by atoms with Crippen molar-refractivity contribution in [1.82, 2.24) is 24.6 Å². The van der Waals surface area contributed by atoms with E-state index in [0.717, 1.165) is 19.3 Å². The van der Waals surface area contributed by atoms with Gasteiger partial charge in [-0.3, -0.25) is 18.5 Å². The zero-order valence-corrected chi connectivity index (χ0v) is 24.5. The van der Waals surface area contributed by atoms with Gasteiger partial charge in [0.25, 0.3) is 7.52 Å². The first-order chi connectivity index (χ1) is 19.2. The van der Waals surface area contributed by atoms with Gasteiger partial charge < -0.3 is 34.9 Å². The lowest BCUT2D eigenvalue weighted by Crippen LogP contribution is -2.47. The third-order valence-electron chi connectivity index (χ3n) is 8.88. The summed E-state index contributed by atoms with van der Waals surface area (Å²) in [5.41, 5.74) is 0.329. The molecule has 0 spiro atoms. The summed E-state index contributed by atoms with van der Waals surface area (Å²) in [6, 6.07) is 0. The van der Waals surface area contributed by atoms with Gasteiger partial charge in [0, 0.05) is 13.0 Å². The second-order valence-corrected chi connectivity index (χ2v) is 16.7. The number of aliphatic hydroxyl groups is 2. The number of nitrogens with one attached hydrogen (secondary N) is 2. The molecule has 3 unspecified atom stereocenters. The number of fused-ring (bicyclic) bond motifs is 1. The first-order valence-corrected chi connectivity index (χ1v) is 17.5. The molecule has 4 saturated carbocycles. The van der Waals surface area contributed by atoms with Crippen LogP contribution in [0.2, 0.25) is 5.28 Å². The molecular formula is C23H33ClN6O9P2. The number of anilines is 1. The topological polar surface area (TPSA) is 229 Å². The van der Waals surface area contributed by atoms with E-state index < -0.39 is 52.1 Å². The summed E-state index contributed by atoms with van der Waals surface area (Å²) < 4.78 is 30.2. The number of nitrogens with zero attached hydrogens (tertiary/aromatic N) is 4. The SMILES string of the molecule is O=C(CC12CC3CC(CC(C3)C1)C2)Nc1nc(Cl)nc2c1ncn2[C@@H]1O[C@H](CNP(=O)(O)CP(=O)(O)O)C(O)C1O. The fourth-order valence-corrected chi connectivity index (χ4v) is 10.9. The van der Waals surface area contributed by atoms with Crippen molar-refractivity contribution in [2.45, 2.75) is 69.5 Å². The van der Waals surface area contributed by atoms with Crippen molar-refractivity contribution < 1.29 is 43.6 Å². The van der Waals surface area contributed by atoms with Crippen LogP contribution in [0.4, 0.5) is 5.82 Å². The maximum atomic E-state index is 13.2. The minimum Gasteiger partial charge on any atom is -0.387 e. The van der Waals surface area contributed by atoms with Gasteiger partial charge in [-0.15, -0.1) is 0 Å². The summed E-state index contributed by atoms with van der Waals surface area (Å²) in [6.07, 6.45) is 3.18. The van der Waals surface area contributed by atoms with Crippen LogP contribution in [0.25, 0.3) is 11.2 Å². The summed E-state index contributed by atoms with van der Waals surface area (Å²) in [7, 11) is -9.25. The molecule has 3 heterocycles. The largest absolute Gasteiger partial charge is 0.387 e. The van der Waals surface area contributed by atoms with E-state index in [4.69, 9.17) is 26.1 Å². The Bertz CT molecular complexity index is 1420. The highest BCUT2D eigenvalue weighted by Gasteiger charge is 2.51. The first kappa shape index (κ1) is 29.6. The Kier molecular flexibility index (Phi) is 7.63. The van der Waals surface area contributed by atoms with E-state index in [-0.39, 0.29) is 33.6 Å². The molecule has 7 rings (SSSR count). The van der Waals surface area contributed by atoms with E-state index >= 15 is 0 Å². The summed E-state index contributed by atoms with van der Waals surface area (Å²) >= 11 is 6.19. The molecule has 1 aliphatic heterocycles. The van der Waals surface area contributed by atoms with Crippen LogP contribution in [0, 0.1) is 23.2 Å². The van der Waals surface area contributed by atoms with Crippen molar-refractivity contribution in [2.75, 3.05) is 17.8 Å². The van der Waals surface area contributed by atoms with Crippen molar-refractivity contribution >= 4 is 49.6 Å². The molecule has 5 atom stereocenters. The molecule has 41 heavy (non-hydrogen) atoms. The Hall–Kier alpha value is -1.51. The van der Waals surface area contributed by atoms with Crippen molar-refractivity contribution in [3.63, 3.8) is 0 Å². The number of ether oxygens (including phenoxy) is 1. The minimum absolute atomic E-state index is 0.0128. The molecule has 7 N–H and O–H groups in total.